The average Bonchev–Trinajstić information content (AvgIpc) is 2.10. The second-order valence-electron chi connectivity index (χ2n) is 2.22. The molecule has 0 unspecified atom stereocenters. The molecular formula is C9H13BrO2. The van der Waals surface area contributed by atoms with Crippen LogP contribution in [0.15, 0.2) is 25.3 Å². The molecule has 0 N–H and O–H groups in total. The summed E-state index contributed by atoms with van der Waals surface area (Å²) in [6, 6.07) is 0. The molecule has 0 spiro atoms. The summed E-state index contributed by atoms with van der Waals surface area (Å²) in [5, 5.41) is 0.814. The van der Waals surface area contributed by atoms with Gasteiger partial charge in [-0.05, 0) is 18.6 Å². The van der Waals surface area contributed by atoms with E-state index < -0.39 is 0 Å². The first-order valence-electron chi connectivity index (χ1n) is 3.75. The first kappa shape index (κ1) is 11.4. The summed E-state index contributed by atoms with van der Waals surface area (Å²) in [5.74, 6) is -0.209. The average molecular weight is 233 g/mol. The van der Waals surface area contributed by atoms with Gasteiger partial charge in [0.25, 0.3) is 0 Å². The Morgan fingerprint density at radius 3 is 2.50 bits per heavy atom. The molecular weight excluding hydrogens is 220 g/mol. The van der Waals surface area contributed by atoms with E-state index in [-0.39, 0.29) is 12.1 Å². The molecule has 0 rings (SSSR count). The van der Waals surface area contributed by atoms with Crippen LogP contribution in [0.5, 0.6) is 0 Å². The van der Waals surface area contributed by atoms with Crippen molar-refractivity contribution < 1.29 is 9.53 Å². The molecule has 0 aromatic carbocycles. The Kier molecular flexibility index (Phi) is 6.76. The van der Waals surface area contributed by atoms with Gasteiger partial charge in [-0.2, -0.15) is 0 Å². The predicted octanol–water partition coefficient (Wildman–Crippen LogP) is 2.45. The van der Waals surface area contributed by atoms with E-state index >= 15 is 0 Å². The zero-order valence-electron chi connectivity index (χ0n) is 6.96. The monoisotopic (exact) mass is 232 g/mol. The van der Waals surface area contributed by atoms with Gasteiger partial charge in [-0.3, -0.25) is 4.79 Å². The predicted molar refractivity (Wildman–Crippen MR) is 53.3 cm³/mol. The van der Waals surface area contributed by atoms with E-state index in [1.165, 1.54) is 0 Å². The molecule has 3 heteroatoms. The number of alkyl halides is 1. The van der Waals surface area contributed by atoms with Crippen molar-refractivity contribution in [1.29, 1.82) is 0 Å². The fourth-order valence-electron chi connectivity index (χ4n) is 0.614. The standard InChI is InChI=1S/C9H13BrO2/c1-3-8(4-2)12-9(11)6-5-7-10/h3-4,8H,1-2,5-7H2. The van der Waals surface area contributed by atoms with E-state index in [4.69, 9.17) is 4.74 Å². The van der Waals surface area contributed by atoms with Crippen LogP contribution in [0.1, 0.15) is 12.8 Å². The van der Waals surface area contributed by atoms with Gasteiger partial charge in [-0.1, -0.05) is 29.1 Å². The fraction of sp³-hybridized carbons (Fsp3) is 0.444. The van der Waals surface area contributed by atoms with E-state index in [0.717, 1.165) is 11.8 Å². The quantitative estimate of drug-likeness (QED) is 0.400. The van der Waals surface area contributed by atoms with Gasteiger partial charge in [0, 0.05) is 11.8 Å². The van der Waals surface area contributed by atoms with Gasteiger partial charge in [0.2, 0.25) is 0 Å². The number of ether oxygens (including phenoxy) is 1. The summed E-state index contributed by atoms with van der Waals surface area (Å²) < 4.78 is 4.96. The van der Waals surface area contributed by atoms with Crippen molar-refractivity contribution in [3.05, 3.63) is 25.3 Å². The maximum absolute atomic E-state index is 11.0. The van der Waals surface area contributed by atoms with Gasteiger partial charge in [0.1, 0.15) is 6.10 Å². The highest BCUT2D eigenvalue weighted by atomic mass is 79.9. The van der Waals surface area contributed by atoms with Crippen molar-refractivity contribution in [3.63, 3.8) is 0 Å². The maximum Gasteiger partial charge on any atom is 0.306 e. The van der Waals surface area contributed by atoms with Gasteiger partial charge in [0.05, 0.1) is 0 Å². The Balaban J connectivity index is 3.66. The summed E-state index contributed by atoms with van der Waals surface area (Å²) in [5.41, 5.74) is 0. The molecule has 0 aromatic heterocycles. The first-order valence-corrected chi connectivity index (χ1v) is 4.87. The molecule has 0 atom stereocenters. The molecule has 68 valence electrons. The molecule has 0 amide bonds. The Morgan fingerprint density at radius 2 is 2.08 bits per heavy atom. The summed E-state index contributed by atoms with van der Waals surface area (Å²) >= 11 is 3.23. The van der Waals surface area contributed by atoms with E-state index in [1.807, 2.05) is 0 Å². The molecule has 12 heavy (non-hydrogen) atoms. The number of carbonyl (C=O) groups excluding carboxylic acids is 1. The fourth-order valence-corrected chi connectivity index (χ4v) is 0.895. The molecule has 2 nitrogen and oxygen atoms in total. The Labute approximate surface area is 81.4 Å². The Bertz CT molecular complexity index is 158. The Hall–Kier alpha value is -0.570. The van der Waals surface area contributed by atoms with Crippen LogP contribution in [0.3, 0.4) is 0 Å². The second kappa shape index (κ2) is 7.10. The van der Waals surface area contributed by atoms with E-state index in [1.54, 1.807) is 12.2 Å². The number of hydrogen-bond donors (Lipinski definition) is 0. The lowest BCUT2D eigenvalue weighted by molar-refractivity contribution is -0.145. The lowest BCUT2D eigenvalue weighted by atomic mass is 10.3. The highest BCUT2D eigenvalue weighted by molar-refractivity contribution is 9.09. The lowest BCUT2D eigenvalue weighted by Crippen LogP contribution is -2.13. The third-order valence-electron chi connectivity index (χ3n) is 1.25. The first-order chi connectivity index (χ1) is 5.74. The highest BCUT2D eigenvalue weighted by Crippen LogP contribution is 2.01. The number of rotatable bonds is 6. The third-order valence-corrected chi connectivity index (χ3v) is 1.81. The van der Waals surface area contributed by atoms with Crippen molar-refractivity contribution in [2.45, 2.75) is 18.9 Å². The van der Waals surface area contributed by atoms with E-state index in [0.29, 0.717) is 6.42 Å². The summed E-state index contributed by atoms with van der Waals surface area (Å²) in [7, 11) is 0. The number of halogens is 1. The SMILES string of the molecule is C=CC(C=C)OC(=O)CCCBr. The summed E-state index contributed by atoms with van der Waals surface area (Å²) in [6.07, 6.45) is 3.95. The van der Waals surface area contributed by atoms with Crippen LogP contribution in [0.25, 0.3) is 0 Å². The van der Waals surface area contributed by atoms with Gasteiger partial charge in [-0.25, -0.2) is 0 Å². The minimum absolute atomic E-state index is 0.209. The largest absolute Gasteiger partial charge is 0.454 e. The minimum atomic E-state index is -0.354. The normalized spacial score (nSPS) is 9.50. The highest BCUT2D eigenvalue weighted by Gasteiger charge is 2.06. The summed E-state index contributed by atoms with van der Waals surface area (Å²) in [6.45, 7) is 7.01. The van der Waals surface area contributed by atoms with Crippen LogP contribution in [0, 0.1) is 0 Å². The van der Waals surface area contributed by atoms with Crippen molar-refractivity contribution in [2.24, 2.45) is 0 Å². The molecule has 0 aliphatic carbocycles. The van der Waals surface area contributed by atoms with Crippen molar-refractivity contribution in [3.8, 4) is 0 Å². The number of esters is 1. The van der Waals surface area contributed by atoms with Crippen LogP contribution in [0.4, 0.5) is 0 Å². The molecule has 0 aliphatic rings. The summed E-state index contributed by atoms with van der Waals surface area (Å²) in [4.78, 5) is 11.0. The molecule has 0 saturated heterocycles. The third kappa shape index (κ3) is 5.13. The molecule has 0 fully saturated rings. The molecule has 0 bridgehead atoms. The van der Waals surface area contributed by atoms with Gasteiger partial charge < -0.3 is 4.74 Å². The van der Waals surface area contributed by atoms with E-state index in [2.05, 4.69) is 29.1 Å². The lowest BCUT2D eigenvalue weighted by Gasteiger charge is -2.08. The van der Waals surface area contributed by atoms with E-state index in [9.17, 15) is 4.79 Å². The molecule has 0 radical (unpaired) electrons. The van der Waals surface area contributed by atoms with Gasteiger partial charge >= 0.3 is 5.97 Å². The number of carbonyl (C=O) groups is 1. The van der Waals surface area contributed by atoms with Gasteiger partial charge in [0.15, 0.2) is 0 Å². The Morgan fingerprint density at radius 1 is 1.50 bits per heavy atom. The maximum atomic E-state index is 11.0. The van der Waals surface area contributed by atoms with Crippen LogP contribution < -0.4 is 0 Å². The van der Waals surface area contributed by atoms with Gasteiger partial charge in [-0.15, -0.1) is 0 Å². The molecule has 0 heterocycles. The zero-order chi connectivity index (χ0) is 9.40. The molecule has 0 aliphatic heterocycles. The van der Waals surface area contributed by atoms with Crippen molar-refractivity contribution in [1.82, 2.24) is 0 Å². The van der Waals surface area contributed by atoms with Crippen LogP contribution in [-0.2, 0) is 9.53 Å². The van der Waals surface area contributed by atoms with Crippen molar-refractivity contribution in [2.75, 3.05) is 5.33 Å². The molecule has 0 aromatic rings. The molecule has 0 saturated carbocycles. The second-order valence-corrected chi connectivity index (χ2v) is 3.01. The van der Waals surface area contributed by atoms with Crippen LogP contribution >= 0.6 is 15.9 Å². The van der Waals surface area contributed by atoms with Crippen LogP contribution in [-0.4, -0.2) is 17.4 Å². The van der Waals surface area contributed by atoms with Crippen molar-refractivity contribution >= 4 is 21.9 Å². The zero-order valence-corrected chi connectivity index (χ0v) is 8.55. The van der Waals surface area contributed by atoms with Crippen LogP contribution in [0.2, 0.25) is 0 Å². The number of hydrogen-bond acceptors (Lipinski definition) is 2. The minimum Gasteiger partial charge on any atom is -0.454 e. The smallest absolute Gasteiger partial charge is 0.306 e. The topological polar surface area (TPSA) is 26.3 Å².